The normalized spacial score (nSPS) is 11.4. The molecule has 4 aromatic rings. The van der Waals surface area contributed by atoms with Crippen molar-refractivity contribution in [2.24, 2.45) is 5.10 Å². The van der Waals surface area contributed by atoms with Crippen LogP contribution < -0.4 is 5.43 Å². The minimum atomic E-state index is -0.413. The van der Waals surface area contributed by atoms with Crippen molar-refractivity contribution in [3.63, 3.8) is 0 Å². The van der Waals surface area contributed by atoms with E-state index in [2.05, 4.69) is 49.0 Å². The zero-order chi connectivity index (χ0) is 19.7. The summed E-state index contributed by atoms with van der Waals surface area (Å²) >= 11 is 11.6. The van der Waals surface area contributed by atoms with Crippen LogP contribution in [-0.4, -0.2) is 16.7 Å². The van der Waals surface area contributed by atoms with Crippen molar-refractivity contribution in [3.05, 3.63) is 85.3 Å². The van der Waals surface area contributed by atoms with Crippen LogP contribution in [0.25, 0.3) is 16.7 Å². The minimum absolute atomic E-state index is 0.205. The van der Waals surface area contributed by atoms with Gasteiger partial charge in [-0.25, -0.2) is 5.43 Å². The van der Waals surface area contributed by atoms with E-state index in [0.29, 0.717) is 10.6 Å². The van der Waals surface area contributed by atoms with Gasteiger partial charge in [0.2, 0.25) is 0 Å². The summed E-state index contributed by atoms with van der Waals surface area (Å²) in [5.41, 5.74) is 4.94. The molecule has 2 aromatic heterocycles. The molecule has 0 aliphatic heterocycles. The van der Waals surface area contributed by atoms with E-state index in [1.54, 1.807) is 12.3 Å². The van der Waals surface area contributed by atoms with Gasteiger partial charge in [-0.3, -0.25) is 4.79 Å². The van der Waals surface area contributed by atoms with Gasteiger partial charge in [0.25, 0.3) is 0 Å². The quantitative estimate of drug-likeness (QED) is 0.186. The summed E-state index contributed by atoms with van der Waals surface area (Å²) in [4.78, 5) is 12.4. The Hall–Kier alpha value is -2.10. The molecule has 0 spiro atoms. The van der Waals surface area contributed by atoms with Crippen LogP contribution in [0.15, 0.2) is 74.8 Å². The molecule has 0 radical (unpaired) electrons. The van der Waals surface area contributed by atoms with Crippen LogP contribution in [0.5, 0.6) is 0 Å². The zero-order valence-corrected chi connectivity index (χ0v) is 18.7. The van der Waals surface area contributed by atoms with Crippen LogP contribution in [0, 0.1) is 3.57 Å². The molecule has 0 bridgehead atoms. The van der Waals surface area contributed by atoms with Crippen LogP contribution >= 0.6 is 50.1 Å². The van der Waals surface area contributed by atoms with Crippen molar-refractivity contribution in [2.75, 3.05) is 0 Å². The maximum absolute atomic E-state index is 12.4. The van der Waals surface area contributed by atoms with Crippen molar-refractivity contribution in [1.29, 1.82) is 0 Å². The first-order valence-corrected chi connectivity index (χ1v) is 10.4. The number of rotatable bonds is 4. The summed E-state index contributed by atoms with van der Waals surface area (Å²) in [6, 6.07) is 16.8. The molecule has 140 valence electrons. The molecule has 0 saturated carbocycles. The Labute approximate surface area is 187 Å². The highest BCUT2D eigenvalue weighted by Crippen LogP contribution is 2.28. The van der Waals surface area contributed by atoms with Gasteiger partial charge < -0.3 is 8.98 Å². The Morgan fingerprint density at radius 1 is 1.21 bits per heavy atom. The fourth-order valence-corrected chi connectivity index (χ4v) is 4.52. The largest absolute Gasteiger partial charge is 0.450 e. The van der Waals surface area contributed by atoms with E-state index in [1.807, 2.05) is 59.3 Å². The topological polar surface area (TPSA) is 59.5 Å². The van der Waals surface area contributed by atoms with Crippen LogP contribution in [0.2, 0.25) is 5.02 Å². The van der Waals surface area contributed by atoms with E-state index in [4.69, 9.17) is 16.0 Å². The molecular weight excluding hydrogens is 556 g/mol. The standard InChI is InChI=1S/C20H12BrClIN3O2/c21-13-8-12-9-18(28-19(12)17(23)10-13)20(27)25-24-11-16-2-1-7-26(16)15-5-3-14(22)4-6-15/h1-11H,(H,25,27)/b24-11-. The number of hydrazone groups is 1. The number of furan rings is 1. The molecule has 1 amide bonds. The Morgan fingerprint density at radius 2 is 2.00 bits per heavy atom. The van der Waals surface area contributed by atoms with Crippen molar-refractivity contribution in [1.82, 2.24) is 9.99 Å². The summed E-state index contributed by atoms with van der Waals surface area (Å²) in [6.45, 7) is 0. The Balaban J connectivity index is 1.51. The molecule has 0 atom stereocenters. The fourth-order valence-electron chi connectivity index (χ4n) is 2.74. The fraction of sp³-hybridized carbons (Fsp3) is 0. The number of hydrogen-bond acceptors (Lipinski definition) is 3. The Bertz CT molecular complexity index is 1200. The molecule has 5 nitrogen and oxygen atoms in total. The van der Waals surface area contributed by atoms with E-state index in [-0.39, 0.29) is 5.76 Å². The van der Waals surface area contributed by atoms with E-state index in [9.17, 15) is 4.79 Å². The van der Waals surface area contributed by atoms with Gasteiger partial charge >= 0.3 is 5.91 Å². The number of carbonyl (C=O) groups excluding carboxylic acids is 1. The molecule has 0 aliphatic rings. The molecule has 0 unspecified atom stereocenters. The Kier molecular flexibility index (Phi) is 5.56. The highest BCUT2D eigenvalue weighted by atomic mass is 127. The lowest BCUT2D eigenvalue weighted by atomic mass is 10.2. The number of carbonyl (C=O) groups is 1. The van der Waals surface area contributed by atoms with E-state index in [1.165, 1.54) is 0 Å². The molecule has 8 heteroatoms. The third kappa shape index (κ3) is 4.01. The van der Waals surface area contributed by atoms with Crippen LogP contribution in [0.3, 0.4) is 0 Å². The predicted molar refractivity (Wildman–Crippen MR) is 122 cm³/mol. The number of aromatic nitrogens is 1. The third-order valence-electron chi connectivity index (χ3n) is 4.01. The monoisotopic (exact) mass is 567 g/mol. The highest BCUT2D eigenvalue weighted by molar-refractivity contribution is 14.1. The molecule has 0 aliphatic carbocycles. The number of benzene rings is 2. The second-order valence-electron chi connectivity index (χ2n) is 5.90. The van der Waals surface area contributed by atoms with E-state index >= 15 is 0 Å². The van der Waals surface area contributed by atoms with Gasteiger partial charge in [0.05, 0.1) is 15.5 Å². The third-order valence-corrected chi connectivity index (χ3v) is 5.52. The summed E-state index contributed by atoms with van der Waals surface area (Å²) in [7, 11) is 0. The second-order valence-corrected chi connectivity index (χ2v) is 8.41. The smallest absolute Gasteiger partial charge is 0.307 e. The van der Waals surface area contributed by atoms with Crippen LogP contribution in [-0.2, 0) is 0 Å². The maximum Gasteiger partial charge on any atom is 0.307 e. The summed E-state index contributed by atoms with van der Waals surface area (Å²) < 4.78 is 9.46. The van der Waals surface area contributed by atoms with Gasteiger partial charge in [-0.1, -0.05) is 27.5 Å². The summed E-state index contributed by atoms with van der Waals surface area (Å²) in [6.07, 6.45) is 3.49. The Morgan fingerprint density at radius 3 is 2.79 bits per heavy atom. The van der Waals surface area contributed by atoms with Crippen molar-refractivity contribution >= 4 is 73.2 Å². The van der Waals surface area contributed by atoms with Gasteiger partial charge in [-0.2, -0.15) is 5.10 Å². The first-order valence-electron chi connectivity index (χ1n) is 8.16. The average molecular weight is 569 g/mol. The summed E-state index contributed by atoms with van der Waals surface area (Å²) in [5.74, 6) is -0.208. The lowest BCUT2D eigenvalue weighted by Crippen LogP contribution is -2.17. The number of nitrogens with one attached hydrogen (secondary N) is 1. The van der Waals surface area contributed by atoms with Gasteiger partial charge in [0.15, 0.2) is 5.76 Å². The van der Waals surface area contributed by atoms with Crippen LogP contribution in [0.4, 0.5) is 0 Å². The summed E-state index contributed by atoms with van der Waals surface area (Å²) in [5, 5.41) is 5.58. The van der Waals surface area contributed by atoms with E-state index < -0.39 is 5.91 Å². The van der Waals surface area contributed by atoms with Gasteiger partial charge in [0.1, 0.15) is 5.58 Å². The first-order chi connectivity index (χ1) is 13.5. The van der Waals surface area contributed by atoms with Crippen molar-refractivity contribution in [3.8, 4) is 5.69 Å². The van der Waals surface area contributed by atoms with Crippen molar-refractivity contribution in [2.45, 2.75) is 0 Å². The lowest BCUT2D eigenvalue weighted by Gasteiger charge is -2.06. The predicted octanol–water partition coefficient (Wildman–Crippen LogP) is 6.01. The molecule has 1 N–H and O–H groups in total. The van der Waals surface area contributed by atoms with Gasteiger partial charge in [-0.15, -0.1) is 0 Å². The average Bonchev–Trinajstić information content (AvgIpc) is 3.29. The number of hydrogen-bond donors (Lipinski definition) is 1. The number of nitrogens with zero attached hydrogens (tertiary/aromatic N) is 2. The van der Waals surface area contributed by atoms with Gasteiger partial charge in [0, 0.05) is 26.8 Å². The molecule has 28 heavy (non-hydrogen) atoms. The van der Waals surface area contributed by atoms with Crippen LogP contribution in [0.1, 0.15) is 16.2 Å². The second kappa shape index (κ2) is 8.10. The molecule has 2 heterocycles. The minimum Gasteiger partial charge on any atom is -0.450 e. The highest BCUT2D eigenvalue weighted by Gasteiger charge is 2.14. The number of amides is 1. The molecule has 2 aromatic carbocycles. The number of fused-ring (bicyclic) bond motifs is 1. The zero-order valence-electron chi connectivity index (χ0n) is 14.2. The molecule has 0 saturated heterocycles. The SMILES string of the molecule is O=C(N/N=C\c1cccn1-c1ccc(Cl)cc1)c1cc2cc(Br)cc(I)c2o1. The molecular formula is C20H12BrClIN3O2. The lowest BCUT2D eigenvalue weighted by molar-refractivity contribution is 0.0929. The molecule has 4 rings (SSSR count). The van der Waals surface area contributed by atoms with E-state index in [0.717, 1.165) is 24.8 Å². The van der Waals surface area contributed by atoms with Gasteiger partial charge in [-0.05, 0) is 77.2 Å². The van der Waals surface area contributed by atoms with Crippen molar-refractivity contribution < 1.29 is 9.21 Å². The maximum atomic E-state index is 12.4. The molecule has 0 fully saturated rings. The number of halogens is 3. The first kappa shape index (κ1) is 19.2.